The summed E-state index contributed by atoms with van der Waals surface area (Å²) in [5, 5.41) is 3.07. The molecule has 0 unspecified atom stereocenters. The molecule has 0 N–H and O–H groups in total. The van der Waals surface area contributed by atoms with Crippen molar-refractivity contribution in [3.63, 3.8) is 0 Å². The van der Waals surface area contributed by atoms with Gasteiger partial charge >= 0.3 is 0 Å². The van der Waals surface area contributed by atoms with Crippen molar-refractivity contribution in [2.75, 3.05) is 0 Å². The Morgan fingerprint density at radius 2 is 0.587 bits per heavy atom. The van der Waals surface area contributed by atoms with Gasteiger partial charge in [-0.25, -0.2) is 4.98 Å². The SMILES string of the molecule is C[Si]1(C)c2ccccc2-c2ccc(-c3cccc(-c4cccc(-c5ccc(-c6cc(-c7cccc(-c8ccccc8)c7)cc(-c7cccc(-c8ccccc8)c7)n6)cc5)c4)c3)cc21. The Kier molecular flexibility index (Phi) is 9.72. The third kappa shape index (κ3) is 7.35. The first-order valence-corrected chi connectivity index (χ1v) is 24.8. The van der Waals surface area contributed by atoms with Crippen LogP contribution in [0.5, 0.6) is 0 Å². The van der Waals surface area contributed by atoms with Crippen molar-refractivity contribution in [3.05, 3.63) is 237 Å². The summed E-state index contributed by atoms with van der Waals surface area (Å²) in [5.74, 6) is 0. The van der Waals surface area contributed by atoms with E-state index < -0.39 is 8.07 Å². The highest BCUT2D eigenvalue weighted by molar-refractivity contribution is 7.03. The van der Waals surface area contributed by atoms with Crippen LogP contribution >= 0.6 is 0 Å². The molecule has 0 atom stereocenters. The second-order valence-electron chi connectivity index (χ2n) is 17.2. The van der Waals surface area contributed by atoms with Gasteiger partial charge in [-0.15, -0.1) is 0 Å². The molecule has 1 aliphatic rings. The lowest BCUT2D eigenvalue weighted by Gasteiger charge is -2.19. The van der Waals surface area contributed by atoms with E-state index in [4.69, 9.17) is 4.98 Å². The Bertz CT molecular complexity index is 3190. The van der Waals surface area contributed by atoms with Gasteiger partial charge in [0, 0.05) is 11.1 Å². The lowest BCUT2D eigenvalue weighted by atomic mass is 9.94. The van der Waals surface area contributed by atoms with E-state index >= 15 is 0 Å². The van der Waals surface area contributed by atoms with Crippen LogP contribution in [0.15, 0.2) is 237 Å². The molecule has 11 rings (SSSR count). The summed E-state index contributed by atoms with van der Waals surface area (Å²) >= 11 is 0. The van der Waals surface area contributed by atoms with Crippen LogP contribution in [0.2, 0.25) is 13.1 Å². The lowest BCUT2D eigenvalue weighted by Crippen LogP contribution is -2.49. The number of benzene rings is 9. The average molecular weight is 820 g/mol. The molecule has 0 radical (unpaired) electrons. The number of nitrogens with zero attached hydrogens (tertiary/aromatic N) is 1. The maximum atomic E-state index is 5.34. The molecule has 10 aromatic rings. The van der Waals surface area contributed by atoms with Crippen molar-refractivity contribution >= 4 is 18.4 Å². The first kappa shape index (κ1) is 38.3. The molecular weight excluding hydrogens is 775 g/mol. The predicted octanol–water partition coefficient (Wildman–Crippen LogP) is 15.2. The molecule has 1 aliphatic heterocycles. The Labute approximate surface area is 371 Å². The van der Waals surface area contributed by atoms with Gasteiger partial charge < -0.3 is 0 Å². The van der Waals surface area contributed by atoms with E-state index in [1.165, 1.54) is 71.9 Å². The maximum absolute atomic E-state index is 5.34. The first-order chi connectivity index (χ1) is 30.9. The van der Waals surface area contributed by atoms with Crippen molar-refractivity contribution in [1.82, 2.24) is 4.98 Å². The molecule has 9 aromatic carbocycles. The zero-order valence-electron chi connectivity index (χ0n) is 35.5. The highest BCUT2D eigenvalue weighted by atomic mass is 28.3. The van der Waals surface area contributed by atoms with E-state index in [-0.39, 0.29) is 0 Å². The van der Waals surface area contributed by atoms with Crippen LogP contribution < -0.4 is 10.4 Å². The Hall–Kier alpha value is -7.65. The first-order valence-electron chi connectivity index (χ1n) is 21.8. The van der Waals surface area contributed by atoms with Gasteiger partial charge in [0.15, 0.2) is 0 Å². The van der Waals surface area contributed by atoms with Crippen molar-refractivity contribution in [2.24, 2.45) is 0 Å². The van der Waals surface area contributed by atoms with Crippen molar-refractivity contribution < 1.29 is 0 Å². The summed E-state index contributed by atoms with van der Waals surface area (Å²) in [5.41, 5.74) is 21.2. The Morgan fingerprint density at radius 3 is 1.14 bits per heavy atom. The quantitative estimate of drug-likeness (QED) is 0.139. The van der Waals surface area contributed by atoms with Crippen LogP contribution in [0, 0.1) is 0 Å². The highest BCUT2D eigenvalue weighted by Crippen LogP contribution is 2.37. The number of fused-ring (bicyclic) bond motifs is 3. The second kappa shape index (κ2) is 16.0. The van der Waals surface area contributed by atoms with Crippen molar-refractivity contribution in [3.8, 4) is 100 Å². The van der Waals surface area contributed by atoms with Gasteiger partial charge in [-0.3, -0.25) is 0 Å². The van der Waals surface area contributed by atoms with Crippen molar-refractivity contribution in [2.45, 2.75) is 13.1 Å². The van der Waals surface area contributed by atoms with Gasteiger partial charge in [0.25, 0.3) is 0 Å². The molecule has 0 bridgehead atoms. The summed E-state index contributed by atoms with van der Waals surface area (Å²) in [7, 11) is -1.76. The molecule has 63 heavy (non-hydrogen) atoms. The topological polar surface area (TPSA) is 12.9 Å². The van der Waals surface area contributed by atoms with E-state index in [2.05, 4.69) is 250 Å². The number of hydrogen-bond donors (Lipinski definition) is 0. The molecule has 0 saturated carbocycles. The average Bonchev–Trinajstić information content (AvgIpc) is 3.59. The summed E-state index contributed by atoms with van der Waals surface area (Å²) in [6.45, 7) is 4.97. The van der Waals surface area contributed by atoms with Gasteiger partial charge in [-0.05, 0) is 125 Å². The summed E-state index contributed by atoms with van der Waals surface area (Å²) in [6.07, 6.45) is 0. The molecule has 0 amide bonds. The van der Waals surface area contributed by atoms with Gasteiger partial charge in [0.2, 0.25) is 0 Å². The van der Waals surface area contributed by atoms with E-state index in [9.17, 15) is 0 Å². The minimum Gasteiger partial charge on any atom is -0.248 e. The van der Waals surface area contributed by atoms with Crippen LogP contribution in [-0.2, 0) is 0 Å². The number of hydrogen-bond acceptors (Lipinski definition) is 1. The zero-order valence-corrected chi connectivity index (χ0v) is 36.5. The van der Waals surface area contributed by atoms with Gasteiger partial charge in [0.05, 0.1) is 11.4 Å². The summed E-state index contributed by atoms with van der Waals surface area (Å²) in [6, 6.07) is 86.2. The van der Waals surface area contributed by atoms with Crippen LogP contribution in [0.1, 0.15) is 0 Å². The minimum atomic E-state index is -1.76. The van der Waals surface area contributed by atoms with Crippen LogP contribution in [-0.4, -0.2) is 13.1 Å². The molecule has 1 nitrogen and oxygen atoms in total. The fraction of sp³-hybridized carbons (Fsp3) is 0.0328. The predicted molar refractivity (Wildman–Crippen MR) is 270 cm³/mol. The molecule has 0 aliphatic carbocycles. The Morgan fingerprint density at radius 1 is 0.238 bits per heavy atom. The van der Waals surface area contributed by atoms with Crippen LogP contribution in [0.25, 0.3) is 100 Å². The largest absolute Gasteiger partial charge is 0.248 e. The standard InChI is InChI=1S/C61H45NSi/c1-63(2)60-28-10-9-27-56(60)57-34-33-53(41-61(57)63)51-24-13-23-50(37-51)49-22-11-20-47(35-49)44-29-31-45(32-30-44)58-39-55(52-25-12-19-46(36-52)42-15-5-3-6-16-42)40-59(62-58)54-26-14-21-48(38-54)43-17-7-4-8-18-43/h3-41H,1-2H3. The van der Waals surface area contributed by atoms with E-state index in [0.717, 1.165) is 33.6 Å². The molecular formula is C61H45NSi. The second-order valence-corrected chi connectivity index (χ2v) is 21.5. The molecule has 0 fully saturated rings. The maximum Gasteiger partial charge on any atom is 0.113 e. The summed E-state index contributed by atoms with van der Waals surface area (Å²) < 4.78 is 0. The van der Waals surface area contributed by atoms with Crippen LogP contribution in [0.3, 0.4) is 0 Å². The molecule has 0 saturated heterocycles. The molecule has 0 spiro atoms. The van der Waals surface area contributed by atoms with Crippen molar-refractivity contribution in [1.29, 1.82) is 0 Å². The third-order valence-electron chi connectivity index (χ3n) is 12.9. The van der Waals surface area contributed by atoms with Gasteiger partial charge in [-0.1, -0.05) is 213 Å². The van der Waals surface area contributed by atoms with Crippen LogP contribution in [0.4, 0.5) is 0 Å². The monoisotopic (exact) mass is 819 g/mol. The molecule has 2 heterocycles. The minimum absolute atomic E-state index is 0.941. The smallest absolute Gasteiger partial charge is 0.113 e. The fourth-order valence-corrected chi connectivity index (χ4v) is 12.6. The number of rotatable bonds is 8. The third-order valence-corrected chi connectivity index (χ3v) is 16.4. The van der Waals surface area contributed by atoms with E-state index in [1.54, 1.807) is 5.19 Å². The molecule has 298 valence electrons. The number of aromatic nitrogens is 1. The van der Waals surface area contributed by atoms with Gasteiger partial charge in [0.1, 0.15) is 8.07 Å². The fourth-order valence-electron chi connectivity index (χ4n) is 9.46. The summed E-state index contributed by atoms with van der Waals surface area (Å²) in [4.78, 5) is 5.34. The van der Waals surface area contributed by atoms with E-state index in [0.29, 0.717) is 0 Å². The highest BCUT2D eigenvalue weighted by Gasteiger charge is 2.37. The molecule has 2 heteroatoms. The Balaban J connectivity index is 0.922. The number of pyridine rings is 1. The molecule has 1 aromatic heterocycles. The normalized spacial score (nSPS) is 12.4. The lowest BCUT2D eigenvalue weighted by molar-refractivity contribution is 1.32. The van der Waals surface area contributed by atoms with Gasteiger partial charge in [-0.2, -0.15) is 0 Å². The van der Waals surface area contributed by atoms with E-state index in [1.807, 2.05) is 0 Å². The zero-order chi connectivity index (χ0) is 42.3.